The van der Waals surface area contributed by atoms with Crippen molar-refractivity contribution >= 4 is 70.2 Å². The lowest BCUT2D eigenvalue weighted by atomic mass is 9.50. The van der Waals surface area contributed by atoms with Crippen LogP contribution in [-0.4, -0.2) is 81.2 Å². The molecule has 2 amide bonds. The highest BCUT2D eigenvalue weighted by Gasteiger charge is 2.70. The third-order valence-corrected chi connectivity index (χ3v) is 9.42. The van der Waals surface area contributed by atoms with Gasteiger partial charge in [0, 0.05) is 23.9 Å². The number of nitrogens with one attached hydrogen (secondary N) is 1. The summed E-state index contributed by atoms with van der Waals surface area (Å²) in [5.74, 6) is -9.61. The van der Waals surface area contributed by atoms with Crippen LogP contribution in [0.15, 0.2) is 36.4 Å². The number of nitrogens with zero attached hydrogens (tertiary/aromatic N) is 1. The SMILES string of the molecule is CC1(C(=O)O)C(CF)NC(COCCN2C(=O)c3ccccc3C2=O)C(CC(Cl)(Cl)Cl)(C(=O)O)C1c1c(F)ccc(Cl)c1C(F)(F)F. The second kappa shape index (κ2) is 13.3. The van der Waals surface area contributed by atoms with Crippen LogP contribution in [0.5, 0.6) is 0 Å². The maximum atomic E-state index is 15.8. The number of carbonyl (C=O) groups excluding carboxylic acids is 2. The predicted molar refractivity (Wildman–Crippen MR) is 159 cm³/mol. The zero-order valence-electron chi connectivity index (χ0n) is 24.0. The van der Waals surface area contributed by atoms with Crippen molar-refractivity contribution in [3.63, 3.8) is 0 Å². The normalized spacial score (nSPS) is 26.4. The molecular formula is C29H25Cl4F5N2O7. The van der Waals surface area contributed by atoms with Crippen LogP contribution in [-0.2, 0) is 20.5 Å². The Morgan fingerprint density at radius 1 is 1.00 bits per heavy atom. The standard InChI is InChI=1S/C29H25Cl4F5N2O7/c1-26(24(43)44)17(10-34)39-18(11-47-9-8-40-22(41)13-4-2-3-5-14(13)23(40)42)27(25(45)46,12-28(31,32)33)21(26)19-16(35)7-6-15(30)20(19)29(36,37)38/h2-7,17-18,21,39H,8-12H2,1H3,(H,43,44)(H,45,46). The molecule has 2 aromatic carbocycles. The number of halogens is 9. The van der Waals surface area contributed by atoms with E-state index in [1.807, 2.05) is 0 Å². The predicted octanol–water partition coefficient (Wildman–Crippen LogP) is 6.13. The molecule has 47 heavy (non-hydrogen) atoms. The number of aliphatic carboxylic acids is 2. The molecule has 18 heteroatoms. The molecule has 2 heterocycles. The number of fused-ring (bicyclic) bond motifs is 1. The van der Waals surface area contributed by atoms with Crippen LogP contribution in [0.3, 0.4) is 0 Å². The van der Waals surface area contributed by atoms with Gasteiger partial charge in [-0.25, -0.2) is 8.78 Å². The molecule has 5 atom stereocenters. The molecule has 0 bridgehead atoms. The molecule has 0 radical (unpaired) electrons. The van der Waals surface area contributed by atoms with E-state index in [0.29, 0.717) is 12.1 Å². The van der Waals surface area contributed by atoms with Gasteiger partial charge in [-0.3, -0.25) is 24.1 Å². The highest BCUT2D eigenvalue weighted by Crippen LogP contribution is 2.62. The average Bonchev–Trinajstić information content (AvgIpc) is 3.20. The first-order chi connectivity index (χ1) is 21.7. The molecule has 2 aliphatic rings. The Morgan fingerprint density at radius 3 is 2.04 bits per heavy atom. The summed E-state index contributed by atoms with van der Waals surface area (Å²) < 4.78 is 77.0. The minimum absolute atomic E-state index is 0.129. The number of rotatable bonds is 10. The number of carbonyl (C=O) groups is 4. The van der Waals surface area contributed by atoms with Gasteiger partial charge in [0.1, 0.15) is 12.5 Å². The van der Waals surface area contributed by atoms with Crippen molar-refractivity contribution in [3.05, 3.63) is 69.5 Å². The van der Waals surface area contributed by atoms with Crippen molar-refractivity contribution in [2.75, 3.05) is 26.4 Å². The summed E-state index contributed by atoms with van der Waals surface area (Å²) in [4.78, 5) is 52.6. The van der Waals surface area contributed by atoms with Crippen molar-refractivity contribution in [1.29, 1.82) is 0 Å². The summed E-state index contributed by atoms with van der Waals surface area (Å²) in [5, 5.41) is 22.6. The van der Waals surface area contributed by atoms with Gasteiger partial charge < -0.3 is 20.3 Å². The number of hydrogen-bond donors (Lipinski definition) is 3. The van der Waals surface area contributed by atoms with E-state index < -0.39 is 111 Å². The minimum atomic E-state index is -5.47. The summed E-state index contributed by atoms with van der Waals surface area (Å²) in [6.45, 7) is -2.49. The quantitative estimate of drug-likeness (QED) is 0.115. The van der Waals surface area contributed by atoms with Crippen LogP contribution in [0.4, 0.5) is 22.0 Å². The van der Waals surface area contributed by atoms with Crippen molar-refractivity contribution in [2.45, 2.75) is 41.3 Å². The molecule has 9 nitrogen and oxygen atoms in total. The number of piperidine rings is 1. The van der Waals surface area contributed by atoms with E-state index >= 15 is 4.39 Å². The lowest BCUT2D eigenvalue weighted by Gasteiger charge is -2.57. The summed E-state index contributed by atoms with van der Waals surface area (Å²) in [6.07, 6.45) is -6.69. The number of hydrogen-bond acceptors (Lipinski definition) is 6. The smallest absolute Gasteiger partial charge is 0.418 e. The third-order valence-electron chi connectivity index (χ3n) is 8.70. The monoisotopic (exact) mass is 748 g/mol. The van der Waals surface area contributed by atoms with Crippen LogP contribution in [0.1, 0.15) is 51.1 Å². The van der Waals surface area contributed by atoms with Crippen molar-refractivity contribution < 1.29 is 56.1 Å². The number of ether oxygens (including phenoxy) is 1. The maximum Gasteiger partial charge on any atom is 0.418 e. The molecule has 2 aromatic rings. The fourth-order valence-electron chi connectivity index (χ4n) is 6.58. The first-order valence-electron chi connectivity index (χ1n) is 13.7. The molecule has 0 spiro atoms. The average molecular weight is 750 g/mol. The van der Waals surface area contributed by atoms with E-state index in [2.05, 4.69) is 5.32 Å². The minimum Gasteiger partial charge on any atom is -0.481 e. The van der Waals surface area contributed by atoms with E-state index in [4.69, 9.17) is 51.1 Å². The van der Waals surface area contributed by atoms with Crippen molar-refractivity contribution in [1.82, 2.24) is 10.2 Å². The molecule has 0 saturated carbocycles. The molecule has 5 unspecified atom stereocenters. The highest BCUT2D eigenvalue weighted by molar-refractivity contribution is 6.67. The van der Waals surface area contributed by atoms with Gasteiger partial charge in [0.05, 0.1) is 58.3 Å². The Kier molecular flexibility index (Phi) is 10.5. The number of carboxylic acids is 2. The molecule has 4 rings (SSSR count). The zero-order chi connectivity index (χ0) is 35.3. The molecule has 256 valence electrons. The summed E-state index contributed by atoms with van der Waals surface area (Å²) >= 11 is 24.0. The Morgan fingerprint density at radius 2 is 1.57 bits per heavy atom. The number of alkyl halides is 7. The summed E-state index contributed by atoms with van der Waals surface area (Å²) in [5.41, 5.74) is -8.93. The van der Waals surface area contributed by atoms with Gasteiger partial charge in [0.2, 0.25) is 0 Å². The van der Waals surface area contributed by atoms with Gasteiger partial charge in [-0.2, -0.15) is 13.2 Å². The van der Waals surface area contributed by atoms with E-state index in [0.717, 1.165) is 11.8 Å². The van der Waals surface area contributed by atoms with Crippen LogP contribution in [0, 0.1) is 16.6 Å². The van der Waals surface area contributed by atoms with Gasteiger partial charge in [-0.1, -0.05) is 58.5 Å². The largest absolute Gasteiger partial charge is 0.481 e. The Hall–Kier alpha value is -2.75. The second-order valence-corrected chi connectivity index (χ2v) is 14.2. The topological polar surface area (TPSA) is 133 Å². The molecule has 3 N–H and O–H groups in total. The fraction of sp³-hybridized carbons (Fsp3) is 0.448. The second-order valence-electron chi connectivity index (χ2n) is 11.3. The molecule has 1 fully saturated rings. The van der Waals surface area contributed by atoms with Gasteiger partial charge in [-0.05, 0) is 31.2 Å². The molecule has 1 saturated heterocycles. The number of benzene rings is 2. The number of amides is 2. The van der Waals surface area contributed by atoms with Gasteiger partial charge in [0.15, 0.2) is 3.79 Å². The molecule has 0 aromatic heterocycles. The highest BCUT2D eigenvalue weighted by atomic mass is 35.6. The lowest BCUT2D eigenvalue weighted by Crippen LogP contribution is -2.72. The van der Waals surface area contributed by atoms with E-state index in [-0.39, 0.29) is 17.7 Å². The zero-order valence-corrected chi connectivity index (χ0v) is 27.0. The number of carboxylic acid groups (broad SMARTS) is 2. The van der Waals surface area contributed by atoms with Crippen LogP contribution in [0.2, 0.25) is 5.02 Å². The molecule has 2 aliphatic heterocycles. The Bertz CT molecular complexity index is 1570. The van der Waals surface area contributed by atoms with Gasteiger partial charge in [-0.15, -0.1) is 0 Å². The fourth-order valence-corrected chi connectivity index (χ4v) is 7.51. The van der Waals surface area contributed by atoms with E-state index in [9.17, 15) is 47.0 Å². The van der Waals surface area contributed by atoms with E-state index in [1.165, 1.54) is 12.1 Å². The van der Waals surface area contributed by atoms with E-state index in [1.54, 1.807) is 12.1 Å². The Balaban J connectivity index is 1.85. The van der Waals surface area contributed by atoms with Gasteiger partial charge in [0.25, 0.3) is 11.8 Å². The summed E-state index contributed by atoms with van der Waals surface area (Å²) in [7, 11) is 0. The first kappa shape index (κ1) is 37.1. The molecular weight excluding hydrogens is 725 g/mol. The van der Waals surface area contributed by atoms with Gasteiger partial charge >= 0.3 is 18.1 Å². The van der Waals surface area contributed by atoms with Crippen LogP contribution in [0.25, 0.3) is 0 Å². The van der Waals surface area contributed by atoms with Crippen LogP contribution < -0.4 is 5.32 Å². The summed E-state index contributed by atoms with van der Waals surface area (Å²) in [6, 6.07) is 3.19. The van der Waals surface area contributed by atoms with Crippen molar-refractivity contribution in [2.24, 2.45) is 10.8 Å². The number of imide groups is 1. The first-order valence-corrected chi connectivity index (χ1v) is 15.2. The van der Waals surface area contributed by atoms with Crippen LogP contribution >= 0.6 is 46.4 Å². The van der Waals surface area contributed by atoms with Crippen molar-refractivity contribution in [3.8, 4) is 0 Å². The maximum absolute atomic E-state index is 15.8. The Labute approximate surface area is 283 Å². The third kappa shape index (κ3) is 6.52. The molecule has 0 aliphatic carbocycles. The lowest BCUT2D eigenvalue weighted by molar-refractivity contribution is -0.177.